The monoisotopic (exact) mass is 378 g/mol. The van der Waals surface area contributed by atoms with Gasteiger partial charge in [-0.1, -0.05) is 42.5 Å². The lowest BCUT2D eigenvalue weighted by Crippen LogP contribution is -1.92. The number of nitro groups is 1. The number of pyridine rings is 1. The molecule has 1 aromatic heterocycles. The maximum Gasteiger partial charge on any atom is 0.270 e. The standard InChI is InChI=1S/C21H14N2O3.ClH/c24-17-8-4-7-15(11-17)21-13-18(14-5-2-1-3-6-14)19-12-16(23(25)26)9-10-20(19)22-21;/h1-13,24H;1H. The molecular weight excluding hydrogens is 364 g/mol. The molecule has 134 valence electrons. The first-order valence-corrected chi connectivity index (χ1v) is 8.06. The zero-order valence-electron chi connectivity index (χ0n) is 14.1. The molecule has 0 unspecified atom stereocenters. The Bertz CT molecular complexity index is 1130. The first-order valence-electron chi connectivity index (χ1n) is 8.06. The molecule has 5 nitrogen and oxygen atoms in total. The molecule has 0 saturated carbocycles. The van der Waals surface area contributed by atoms with Crippen LogP contribution in [0.1, 0.15) is 0 Å². The molecule has 0 aliphatic heterocycles. The van der Waals surface area contributed by atoms with Crippen molar-refractivity contribution in [2.24, 2.45) is 0 Å². The average molecular weight is 379 g/mol. The number of fused-ring (bicyclic) bond motifs is 1. The van der Waals surface area contributed by atoms with Gasteiger partial charge in [0, 0.05) is 23.1 Å². The van der Waals surface area contributed by atoms with E-state index in [2.05, 4.69) is 4.98 Å². The highest BCUT2D eigenvalue weighted by Crippen LogP contribution is 2.34. The lowest BCUT2D eigenvalue weighted by Gasteiger charge is -2.10. The molecule has 1 N–H and O–H groups in total. The highest BCUT2D eigenvalue weighted by atomic mass is 35.5. The molecule has 6 heteroatoms. The highest BCUT2D eigenvalue weighted by Gasteiger charge is 2.14. The van der Waals surface area contributed by atoms with Crippen molar-refractivity contribution in [1.82, 2.24) is 4.98 Å². The number of nitro benzene ring substituents is 1. The Morgan fingerprint density at radius 2 is 1.59 bits per heavy atom. The van der Waals surface area contributed by atoms with Gasteiger partial charge in [0.2, 0.25) is 0 Å². The Morgan fingerprint density at radius 3 is 2.30 bits per heavy atom. The summed E-state index contributed by atoms with van der Waals surface area (Å²) in [4.78, 5) is 15.4. The van der Waals surface area contributed by atoms with Crippen molar-refractivity contribution in [2.75, 3.05) is 0 Å². The van der Waals surface area contributed by atoms with Gasteiger partial charge < -0.3 is 5.11 Å². The summed E-state index contributed by atoms with van der Waals surface area (Å²) in [5.41, 5.74) is 3.97. The Balaban J connectivity index is 0.00000210. The van der Waals surface area contributed by atoms with Gasteiger partial charge >= 0.3 is 0 Å². The number of benzene rings is 3. The van der Waals surface area contributed by atoms with Crippen molar-refractivity contribution in [1.29, 1.82) is 0 Å². The Hall–Kier alpha value is -3.44. The summed E-state index contributed by atoms with van der Waals surface area (Å²) < 4.78 is 0. The number of hydrogen-bond acceptors (Lipinski definition) is 4. The summed E-state index contributed by atoms with van der Waals surface area (Å²) in [6.45, 7) is 0. The first-order chi connectivity index (χ1) is 12.6. The van der Waals surface area contributed by atoms with Crippen LogP contribution in [0.2, 0.25) is 0 Å². The van der Waals surface area contributed by atoms with Crippen LogP contribution in [0.3, 0.4) is 0 Å². The minimum Gasteiger partial charge on any atom is -0.508 e. The highest BCUT2D eigenvalue weighted by molar-refractivity contribution is 5.97. The van der Waals surface area contributed by atoms with Gasteiger partial charge in [0.25, 0.3) is 5.69 Å². The summed E-state index contributed by atoms with van der Waals surface area (Å²) in [5.74, 6) is 0.161. The van der Waals surface area contributed by atoms with E-state index in [4.69, 9.17) is 0 Å². The first kappa shape index (κ1) is 18.4. The fourth-order valence-corrected chi connectivity index (χ4v) is 3.00. The summed E-state index contributed by atoms with van der Waals surface area (Å²) in [5, 5.41) is 21.7. The van der Waals surface area contributed by atoms with Gasteiger partial charge in [0.15, 0.2) is 0 Å². The van der Waals surface area contributed by atoms with Crippen LogP contribution < -0.4 is 0 Å². The topological polar surface area (TPSA) is 76.3 Å². The van der Waals surface area contributed by atoms with E-state index >= 15 is 0 Å². The van der Waals surface area contributed by atoms with Gasteiger partial charge in [0.1, 0.15) is 5.75 Å². The zero-order chi connectivity index (χ0) is 18.1. The molecule has 27 heavy (non-hydrogen) atoms. The minimum atomic E-state index is -0.405. The van der Waals surface area contributed by atoms with E-state index in [1.165, 1.54) is 6.07 Å². The molecule has 0 radical (unpaired) electrons. The van der Waals surface area contributed by atoms with Crippen LogP contribution in [0.5, 0.6) is 5.75 Å². The SMILES string of the molecule is Cl.O=[N+]([O-])c1ccc2nc(-c3cccc(O)c3)cc(-c3ccccc3)c2c1. The third-order valence-corrected chi connectivity index (χ3v) is 4.23. The number of rotatable bonds is 3. The van der Waals surface area contributed by atoms with Crippen LogP contribution >= 0.6 is 12.4 Å². The van der Waals surface area contributed by atoms with Crippen LogP contribution in [-0.4, -0.2) is 15.0 Å². The number of aromatic hydroxyl groups is 1. The lowest BCUT2D eigenvalue weighted by atomic mass is 9.98. The predicted octanol–water partition coefficient (Wildman–Crippen LogP) is 5.60. The summed E-state index contributed by atoms with van der Waals surface area (Å²) in [7, 11) is 0. The van der Waals surface area contributed by atoms with Gasteiger partial charge in [-0.05, 0) is 35.4 Å². The van der Waals surface area contributed by atoms with E-state index in [1.807, 2.05) is 42.5 Å². The largest absolute Gasteiger partial charge is 0.508 e. The number of phenols is 1. The van der Waals surface area contributed by atoms with Gasteiger partial charge in [-0.3, -0.25) is 10.1 Å². The summed E-state index contributed by atoms with van der Waals surface area (Å²) >= 11 is 0. The number of non-ortho nitro benzene ring substituents is 1. The van der Waals surface area contributed by atoms with E-state index < -0.39 is 4.92 Å². The van der Waals surface area contributed by atoms with E-state index in [9.17, 15) is 15.2 Å². The van der Waals surface area contributed by atoms with Crippen molar-refractivity contribution in [3.63, 3.8) is 0 Å². The second-order valence-electron chi connectivity index (χ2n) is 5.93. The molecule has 0 atom stereocenters. The number of halogens is 1. The molecule has 1 heterocycles. The van der Waals surface area contributed by atoms with Crippen LogP contribution in [0.15, 0.2) is 78.9 Å². The zero-order valence-corrected chi connectivity index (χ0v) is 14.9. The second kappa shape index (κ2) is 7.43. The van der Waals surface area contributed by atoms with E-state index in [0.29, 0.717) is 16.6 Å². The average Bonchev–Trinajstić information content (AvgIpc) is 2.67. The third kappa shape index (κ3) is 3.59. The van der Waals surface area contributed by atoms with Crippen molar-refractivity contribution < 1.29 is 10.0 Å². The molecule has 0 amide bonds. The van der Waals surface area contributed by atoms with Gasteiger partial charge in [0.05, 0.1) is 16.1 Å². The number of nitrogens with zero attached hydrogens (tertiary/aromatic N) is 2. The molecule has 0 aliphatic carbocycles. The normalized spacial score (nSPS) is 10.4. The molecular formula is C21H15ClN2O3. The Labute approximate surface area is 161 Å². The molecule has 0 aliphatic rings. The lowest BCUT2D eigenvalue weighted by molar-refractivity contribution is -0.384. The quantitative estimate of drug-likeness (QED) is 0.371. The van der Waals surface area contributed by atoms with Crippen LogP contribution in [0.4, 0.5) is 5.69 Å². The maximum atomic E-state index is 11.2. The number of aromatic nitrogens is 1. The van der Waals surface area contributed by atoms with Crippen LogP contribution in [0, 0.1) is 10.1 Å². The van der Waals surface area contributed by atoms with Crippen molar-refractivity contribution in [3.05, 3.63) is 89.0 Å². The Morgan fingerprint density at radius 1 is 0.852 bits per heavy atom. The van der Waals surface area contributed by atoms with Crippen LogP contribution in [-0.2, 0) is 0 Å². The number of hydrogen-bond donors (Lipinski definition) is 1. The molecule has 3 aromatic carbocycles. The van der Waals surface area contributed by atoms with E-state index in [1.54, 1.807) is 30.3 Å². The van der Waals surface area contributed by atoms with Crippen molar-refractivity contribution >= 4 is 29.0 Å². The molecule has 0 spiro atoms. The van der Waals surface area contributed by atoms with Crippen LogP contribution in [0.25, 0.3) is 33.3 Å². The molecule has 4 rings (SSSR count). The fraction of sp³-hybridized carbons (Fsp3) is 0. The fourth-order valence-electron chi connectivity index (χ4n) is 3.00. The second-order valence-corrected chi connectivity index (χ2v) is 5.93. The van der Waals surface area contributed by atoms with Crippen molar-refractivity contribution in [2.45, 2.75) is 0 Å². The third-order valence-electron chi connectivity index (χ3n) is 4.23. The van der Waals surface area contributed by atoms with Crippen molar-refractivity contribution in [3.8, 4) is 28.1 Å². The molecule has 0 saturated heterocycles. The molecule has 0 fully saturated rings. The van der Waals surface area contributed by atoms with E-state index in [-0.39, 0.29) is 23.8 Å². The summed E-state index contributed by atoms with van der Waals surface area (Å²) in [6.07, 6.45) is 0. The smallest absolute Gasteiger partial charge is 0.270 e. The minimum absolute atomic E-state index is 0. The van der Waals surface area contributed by atoms with Gasteiger partial charge in [-0.15, -0.1) is 12.4 Å². The van der Waals surface area contributed by atoms with Gasteiger partial charge in [-0.2, -0.15) is 0 Å². The van der Waals surface area contributed by atoms with E-state index in [0.717, 1.165) is 16.7 Å². The maximum absolute atomic E-state index is 11.2. The van der Waals surface area contributed by atoms with Gasteiger partial charge in [-0.25, -0.2) is 4.98 Å². The number of phenolic OH excluding ortho intramolecular Hbond substituents is 1. The summed E-state index contributed by atoms with van der Waals surface area (Å²) in [6, 6.07) is 23.1. The molecule has 4 aromatic rings. The molecule has 0 bridgehead atoms. The predicted molar refractivity (Wildman–Crippen MR) is 108 cm³/mol. The Kier molecular flexibility index (Phi) is 5.05.